The van der Waals surface area contributed by atoms with Crippen molar-refractivity contribution in [3.63, 3.8) is 0 Å². The second-order valence-electron chi connectivity index (χ2n) is 10.2. The van der Waals surface area contributed by atoms with E-state index in [1.807, 2.05) is 0 Å². The zero-order valence-corrected chi connectivity index (χ0v) is 15.4. The third kappa shape index (κ3) is 2.22. The number of hydrogen-bond acceptors (Lipinski definition) is 0. The van der Waals surface area contributed by atoms with Gasteiger partial charge >= 0.3 is 0 Å². The Labute approximate surface area is 138 Å². The lowest BCUT2D eigenvalue weighted by Crippen LogP contribution is -2.52. The molecule has 4 saturated carbocycles. The van der Waals surface area contributed by atoms with Gasteiger partial charge in [-0.2, -0.15) is 0 Å². The molecule has 0 saturated heterocycles. The van der Waals surface area contributed by atoms with E-state index >= 15 is 0 Å². The predicted octanol–water partition coefficient (Wildman–Crippen LogP) is 6.84. The highest BCUT2D eigenvalue weighted by molar-refractivity contribution is 5.07. The molecule has 0 N–H and O–H groups in total. The molecule has 0 amide bonds. The van der Waals surface area contributed by atoms with Crippen LogP contribution >= 0.6 is 0 Å². The van der Waals surface area contributed by atoms with Gasteiger partial charge in [-0.3, -0.25) is 0 Å². The average molecular weight is 303 g/mol. The first-order valence-electron chi connectivity index (χ1n) is 10.6. The molecule has 4 rings (SSSR count). The number of hydrogen-bond donors (Lipinski definition) is 0. The van der Waals surface area contributed by atoms with Crippen molar-refractivity contribution in [1.29, 1.82) is 0 Å². The van der Waals surface area contributed by atoms with E-state index in [-0.39, 0.29) is 0 Å². The Bertz CT molecular complexity index is 412. The van der Waals surface area contributed by atoms with Crippen LogP contribution in [-0.4, -0.2) is 0 Å². The van der Waals surface area contributed by atoms with Gasteiger partial charge in [0.05, 0.1) is 0 Å². The van der Waals surface area contributed by atoms with Gasteiger partial charge in [0.25, 0.3) is 0 Å². The second kappa shape index (κ2) is 5.52. The molecule has 0 spiro atoms. The molecule has 4 aliphatic carbocycles. The first-order valence-corrected chi connectivity index (χ1v) is 10.6. The third-order valence-corrected chi connectivity index (χ3v) is 9.25. The molecule has 0 aliphatic heterocycles. The maximum atomic E-state index is 2.73. The van der Waals surface area contributed by atoms with E-state index in [1.54, 1.807) is 57.8 Å². The minimum atomic E-state index is 0.719. The Hall–Kier alpha value is 0. The van der Waals surface area contributed by atoms with Crippen LogP contribution in [0.1, 0.15) is 97.8 Å². The summed E-state index contributed by atoms with van der Waals surface area (Å²) in [5, 5.41) is 0. The summed E-state index contributed by atoms with van der Waals surface area (Å²) in [4.78, 5) is 0. The van der Waals surface area contributed by atoms with Crippen molar-refractivity contribution in [3.8, 4) is 0 Å². The molecule has 0 bridgehead atoms. The van der Waals surface area contributed by atoms with Gasteiger partial charge in [-0.1, -0.05) is 40.0 Å². The highest BCUT2D eigenvalue weighted by atomic mass is 14.6. The van der Waals surface area contributed by atoms with Gasteiger partial charge in [0.1, 0.15) is 0 Å². The van der Waals surface area contributed by atoms with Crippen molar-refractivity contribution in [1.82, 2.24) is 0 Å². The van der Waals surface area contributed by atoms with Crippen LogP contribution in [0.5, 0.6) is 0 Å². The van der Waals surface area contributed by atoms with Crippen LogP contribution in [0.3, 0.4) is 0 Å². The standard InChI is InChI=1S/C22H38/c1-4-6-16-10-14-22(3)17(15-16)8-9-18-19-7-5-12-21(19,2)13-11-20(18)22/h16-20H,4-15H2,1-3H3/t16?,17-,18-,19-,20-,21-,22-/m0/s1. The van der Waals surface area contributed by atoms with Crippen LogP contribution in [0.15, 0.2) is 0 Å². The number of fused-ring (bicyclic) bond motifs is 5. The highest BCUT2D eigenvalue weighted by Gasteiger charge is 2.57. The molecule has 0 nitrogen and oxygen atoms in total. The van der Waals surface area contributed by atoms with Crippen LogP contribution in [0.2, 0.25) is 0 Å². The summed E-state index contributed by atoms with van der Waals surface area (Å²) in [5.74, 6) is 5.43. The van der Waals surface area contributed by atoms with Crippen molar-refractivity contribution in [2.45, 2.75) is 97.8 Å². The molecule has 126 valence electrons. The van der Waals surface area contributed by atoms with E-state index in [0.717, 1.165) is 40.4 Å². The lowest BCUT2D eigenvalue weighted by Gasteiger charge is -2.60. The Morgan fingerprint density at radius 3 is 2.55 bits per heavy atom. The largest absolute Gasteiger partial charge is 0.0654 e. The molecule has 0 aromatic rings. The Balaban J connectivity index is 1.54. The minimum absolute atomic E-state index is 0.719. The molecule has 0 radical (unpaired) electrons. The van der Waals surface area contributed by atoms with Gasteiger partial charge in [0.15, 0.2) is 0 Å². The molecule has 4 fully saturated rings. The second-order valence-corrected chi connectivity index (χ2v) is 10.2. The minimum Gasteiger partial charge on any atom is -0.0654 e. The van der Waals surface area contributed by atoms with Crippen molar-refractivity contribution in [2.24, 2.45) is 40.4 Å². The summed E-state index contributed by atoms with van der Waals surface area (Å²) in [5.41, 5.74) is 1.46. The normalized spacial score (nSPS) is 54.4. The fraction of sp³-hybridized carbons (Fsp3) is 1.00. The van der Waals surface area contributed by atoms with E-state index in [1.165, 1.54) is 19.3 Å². The molecule has 0 aromatic carbocycles. The monoisotopic (exact) mass is 302 g/mol. The Morgan fingerprint density at radius 1 is 0.864 bits per heavy atom. The van der Waals surface area contributed by atoms with E-state index in [9.17, 15) is 0 Å². The SMILES string of the molecule is CCCC1CC[C@@]2(C)[C@@H](CC[C@H]3[C@@H]4CCC[C@@]4(C)CC[C@@H]32)C1. The molecule has 1 unspecified atom stereocenters. The molecule has 0 heteroatoms. The molecular weight excluding hydrogens is 264 g/mol. The van der Waals surface area contributed by atoms with Crippen molar-refractivity contribution in [2.75, 3.05) is 0 Å². The quantitative estimate of drug-likeness (QED) is 0.524. The fourth-order valence-corrected chi connectivity index (χ4v) is 8.01. The van der Waals surface area contributed by atoms with Crippen LogP contribution in [0.4, 0.5) is 0 Å². The van der Waals surface area contributed by atoms with E-state index < -0.39 is 0 Å². The smallest absolute Gasteiger partial charge is 0.0266 e. The third-order valence-electron chi connectivity index (χ3n) is 9.25. The highest BCUT2D eigenvalue weighted by Crippen LogP contribution is 2.66. The molecule has 4 aliphatic rings. The lowest BCUT2D eigenvalue weighted by molar-refractivity contribution is -0.111. The van der Waals surface area contributed by atoms with Crippen LogP contribution < -0.4 is 0 Å². The maximum absolute atomic E-state index is 2.73. The predicted molar refractivity (Wildman–Crippen MR) is 94.7 cm³/mol. The summed E-state index contributed by atoms with van der Waals surface area (Å²) in [6, 6.07) is 0. The van der Waals surface area contributed by atoms with Crippen LogP contribution in [-0.2, 0) is 0 Å². The van der Waals surface area contributed by atoms with Crippen molar-refractivity contribution < 1.29 is 0 Å². The summed E-state index contributed by atoms with van der Waals surface area (Å²) in [6.45, 7) is 7.76. The Kier molecular flexibility index (Phi) is 3.90. The van der Waals surface area contributed by atoms with E-state index in [4.69, 9.17) is 0 Å². The maximum Gasteiger partial charge on any atom is -0.0266 e. The molecule has 0 aromatic heterocycles. The van der Waals surface area contributed by atoms with Gasteiger partial charge in [-0.05, 0) is 98.2 Å². The molecule has 7 atom stereocenters. The lowest BCUT2D eigenvalue weighted by atomic mass is 9.44. The molecule has 0 heterocycles. The van der Waals surface area contributed by atoms with Gasteiger partial charge < -0.3 is 0 Å². The van der Waals surface area contributed by atoms with Crippen molar-refractivity contribution in [3.05, 3.63) is 0 Å². The summed E-state index contributed by atoms with van der Waals surface area (Å²) in [7, 11) is 0. The summed E-state index contributed by atoms with van der Waals surface area (Å²) in [6.07, 6.45) is 18.5. The van der Waals surface area contributed by atoms with E-state index in [0.29, 0.717) is 0 Å². The van der Waals surface area contributed by atoms with Crippen LogP contribution in [0.25, 0.3) is 0 Å². The van der Waals surface area contributed by atoms with Crippen LogP contribution in [0, 0.1) is 40.4 Å². The zero-order chi connectivity index (χ0) is 15.4. The van der Waals surface area contributed by atoms with Gasteiger partial charge in [0, 0.05) is 0 Å². The van der Waals surface area contributed by atoms with Crippen molar-refractivity contribution >= 4 is 0 Å². The Morgan fingerprint density at radius 2 is 1.73 bits per heavy atom. The van der Waals surface area contributed by atoms with Gasteiger partial charge in [-0.25, -0.2) is 0 Å². The summed E-state index contributed by atoms with van der Waals surface area (Å²) < 4.78 is 0. The average Bonchev–Trinajstić information content (AvgIpc) is 2.89. The zero-order valence-electron chi connectivity index (χ0n) is 15.4. The van der Waals surface area contributed by atoms with Gasteiger partial charge in [-0.15, -0.1) is 0 Å². The molecular formula is C22H38. The number of rotatable bonds is 2. The topological polar surface area (TPSA) is 0 Å². The summed E-state index contributed by atoms with van der Waals surface area (Å²) >= 11 is 0. The fourth-order valence-electron chi connectivity index (χ4n) is 8.01. The first-order chi connectivity index (χ1) is 10.6. The molecule has 22 heavy (non-hydrogen) atoms. The first kappa shape index (κ1) is 15.5. The van der Waals surface area contributed by atoms with E-state index in [2.05, 4.69) is 20.8 Å². The van der Waals surface area contributed by atoms with Gasteiger partial charge in [0.2, 0.25) is 0 Å².